The summed E-state index contributed by atoms with van der Waals surface area (Å²) in [5.41, 5.74) is 0.960. The fourth-order valence-corrected chi connectivity index (χ4v) is 2.17. The Morgan fingerprint density at radius 2 is 2.16 bits per heavy atom. The molecule has 0 aliphatic heterocycles. The molecule has 0 saturated heterocycles. The maximum atomic E-state index is 11.2. The summed E-state index contributed by atoms with van der Waals surface area (Å²) >= 11 is 0. The van der Waals surface area contributed by atoms with Crippen LogP contribution in [0.25, 0.3) is 0 Å². The third kappa shape index (κ3) is 3.10. The molecular weight excluding hydrogens is 244 g/mol. The topological polar surface area (TPSA) is 63.5 Å². The summed E-state index contributed by atoms with van der Waals surface area (Å²) < 4.78 is 0. The third-order valence-electron chi connectivity index (χ3n) is 3.42. The Morgan fingerprint density at radius 1 is 1.47 bits per heavy atom. The van der Waals surface area contributed by atoms with E-state index in [2.05, 4.69) is 4.90 Å². The molecule has 1 aliphatic carbocycles. The van der Waals surface area contributed by atoms with Gasteiger partial charge in [-0.2, -0.15) is 0 Å². The molecule has 0 spiro atoms. The summed E-state index contributed by atoms with van der Waals surface area (Å²) in [6.07, 6.45) is 3.03. The molecule has 5 nitrogen and oxygen atoms in total. The minimum absolute atomic E-state index is 0.0129. The molecule has 19 heavy (non-hydrogen) atoms. The highest BCUT2D eigenvalue weighted by atomic mass is 16.6. The van der Waals surface area contributed by atoms with Crippen LogP contribution in [0, 0.1) is 16.0 Å². The maximum Gasteiger partial charge on any atom is 0.293 e. The van der Waals surface area contributed by atoms with Gasteiger partial charge in [0.25, 0.3) is 5.69 Å². The van der Waals surface area contributed by atoms with Crippen LogP contribution in [0.5, 0.6) is 0 Å². The molecule has 0 bridgehead atoms. The first-order valence-electron chi connectivity index (χ1n) is 6.53. The molecule has 5 heteroatoms. The predicted molar refractivity (Wildman–Crippen MR) is 73.7 cm³/mol. The molecule has 0 unspecified atom stereocenters. The number of carbonyl (C=O) groups excluding carboxylic acids is 1. The van der Waals surface area contributed by atoms with Crippen molar-refractivity contribution in [1.29, 1.82) is 0 Å². The molecule has 0 aromatic heterocycles. The third-order valence-corrected chi connectivity index (χ3v) is 3.42. The van der Waals surface area contributed by atoms with Crippen LogP contribution in [0.15, 0.2) is 18.2 Å². The minimum Gasteiger partial charge on any atom is -0.363 e. The maximum absolute atomic E-state index is 11.2. The zero-order chi connectivity index (χ0) is 14.0. The van der Waals surface area contributed by atoms with E-state index in [1.807, 2.05) is 13.8 Å². The predicted octanol–water partition coefficient (Wildman–Crippen LogP) is 3.03. The number of carbonyl (C=O) groups is 1. The number of nitrogens with zero attached hydrogens (tertiary/aromatic N) is 2. The van der Waals surface area contributed by atoms with Gasteiger partial charge in [0.1, 0.15) is 12.0 Å². The SMILES string of the molecule is CC(C)N(CC1CC1)c1ccc(C=O)cc1[N+](=O)[O-]. The van der Waals surface area contributed by atoms with Gasteiger partial charge >= 0.3 is 0 Å². The van der Waals surface area contributed by atoms with Crippen LogP contribution in [-0.4, -0.2) is 23.8 Å². The Kier molecular flexibility index (Phi) is 3.83. The Hall–Kier alpha value is -1.91. The molecule has 0 amide bonds. The van der Waals surface area contributed by atoms with Crippen molar-refractivity contribution in [1.82, 2.24) is 0 Å². The minimum atomic E-state index is -0.412. The van der Waals surface area contributed by atoms with Crippen molar-refractivity contribution in [2.24, 2.45) is 5.92 Å². The Balaban J connectivity index is 2.39. The Morgan fingerprint density at radius 3 is 2.63 bits per heavy atom. The highest BCUT2D eigenvalue weighted by Gasteiger charge is 2.29. The normalized spacial score (nSPS) is 14.5. The lowest BCUT2D eigenvalue weighted by atomic mass is 10.1. The number of benzene rings is 1. The second-order valence-corrected chi connectivity index (χ2v) is 5.31. The molecule has 1 aliphatic rings. The van der Waals surface area contributed by atoms with Gasteiger partial charge in [-0.05, 0) is 44.7 Å². The van der Waals surface area contributed by atoms with Gasteiger partial charge in [-0.3, -0.25) is 14.9 Å². The smallest absolute Gasteiger partial charge is 0.293 e. The van der Waals surface area contributed by atoms with Crippen LogP contribution < -0.4 is 4.90 Å². The van der Waals surface area contributed by atoms with Crippen LogP contribution in [0.2, 0.25) is 0 Å². The molecule has 1 fully saturated rings. The van der Waals surface area contributed by atoms with E-state index in [4.69, 9.17) is 0 Å². The highest BCUT2D eigenvalue weighted by molar-refractivity contribution is 5.79. The molecule has 0 N–H and O–H groups in total. The van der Waals surface area contributed by atoms with Crippen LogP contribution in [-0.2, 0) is 0 Å². The average Bonchev–Trinajstić information content (AvgIpc) is 3.19. The molecule has 0 atom stereocenters. The van der Waals surface area contributed by atoms with Crippen molar-refractivity contribution in [3.63, 3.8) is 0 Å². The zero-order valence-corrected chi connectivity index (χ0v) is 11.2. The molecule has 2 rings (SSSR count). The van der Waals surface area contributed by atoms with Gasteiger partial charge in [0.15, 0.2) is 0 Å². The van der Waals surface area contributed by atoms with Crippen LogP contribution in [0.3, 0.4) is 0 Å². The van der Waals surface area contributed by atoms with Gasteiger partial charge in [-0.1, -0.05) is 0 Å². The van der Waals surface area contributed by atoms with E-state index in [9.17, 15) is 14.9 Å². The van der Waals surface area contributed by atoms with Gasteiger partial charge in [0.05, 0.1) is 4.92 Å². The lowest BCUT2D eigenvalue weighted by molar-refractivity contribution is -0.384. The number of anilines is 1. The van der Waals surface area contributed by atoms with E-state index >= 15 is 0 Å². The van der Waals surface area contributed by atoms with Gasteiger partial charge in [0.2, 0.25) is 0 Å². The van der Waals surface area contributed by atoms with Crippen LogP contribution >= 0.6 is 0 Å². The van der Waals surface area contributed by atoms with E-state index in [-0.39, 0.29) is 11.7 Å². The fraction of sp³-hybridized carbons (Fsp3) is 0.500. The molecule has 1 aromatic rings. The van der Waals surface area contributed by atoms with E-state index in [0.29, 0.717) is 23.5 Å². The number of hydrogen-bond donors (Lipinski definition) is 0. The summed E-state index contributed by atoms with van der Waals surface area (Å²) in [7, 11) is 0. The van der Waals surface area contributed by atoms with Gasteiger partial charge in [0, 0.05) is 24.2 Å². The van der Waals surface area contributed by atoms with E-state index in [1.54, 1.807) is 12.1 Å². The number of aldehydes is 1. The standard InChI is InChI=1S/C14H18N2O3/c1-10(2)15(8-11-3-4-11)13-6-5-12(9-17)7-14(13)16(18)19/h5-7,9-11H,3-4,8H2,1-2H3. The first-order valence-corrected chi connectivity index (χ1v) is 6.53. The van der Waals surface area contributed by atoms with E-state index < -0.39 is 4.92 Å². The first-order chi connectivity index (χ1) is 9.02. The van der Waals surface area contributed by atoms with Crippen molar-refractivity contribution < 1.29 is 9.72 Å². The van der Waals surface area contributed by atoms with E-state index in [0.717, 1.165) is 6.54 Å². The number of hydrogen-bond acceptors (Lipinski definition) is 4. The second-order valence-electron chi connectivity index (χ2n) is 5.31. The molecule has 0 radical (unpaired) electrons. The van der Waals surface area contributed by atoms with Crippen LogP contribution in [0.4, 0.5) is 11.4 Å². The van der Waals surface area contributed by atoms with Crippen LogP contribution in [0.1, 0.15) is 37.0 Å². The van der Waals surface area contributed by atoms with E-state index in [1.165, 1.54) is 18.9 Å². The van der Waals surface area contributed by atoms with Gasteiger partial charge < -0.3 is 4.90 Å². The summed E-state index contributed by atoms with van der Waals surface area (Å²) in [4.78, 5) is 23.6. The van der Waals surface area contributed by atoms with Gasteiger partial charge in [-0.25, -0.2) is 0 Å². The molecule has 102 valence electrons. The average molecular weight is 262 g/mol. The monoisotopic (exact) mass is 262 g/mol. The Bertz CT molecular complexity index is 495. The summed E-state index contributed by atoms with van der Waals surface area (Å²) in [6, 6.07) is 4.87. The second kappa shape index (κ2) is 5.38. The van der Waals surface area contributed by atoms with Crippen molar-refractivity contribution in [2.75, 3.05) is 11.4 Å². The molecule has 0 heterocycles. The molecule has 1 saturated carbocycles. The molecular formula is C14H18N2O3. The number of nitro benzene ring substituents is 1. The summed E-state index contributed by atoms with van der Waals surface area (Å²) in [5.74, 6) is 0.646. The first kappa shape index (κ1) is 13.5. The lowest BCUT2D eigenvalue weighted by Gasteiger charge is -2.28. The summed E-state index contributed by atoms with van der Waals surface area (Å²) in [6.45, 7) is 4.90. The number of nitro groups is 1. The zero-order valence-electron chi connectivity index (χ0n) is 11.2. The quantitative estimate of drug-likeness (QED) is 0.449. The van der Waals surface area contributed by atoms with Crippen molar-refractivity contribution in [3.8, 4) is 0 Å². The largest absolute Gasteiger partial charge is 0.363 e. The van der Waals surface area contributed by atoms with Crippen molar-refractivity contribution >= 4 is 17.7 Å². The van der Waals surface area contributed by atoms with Gasteiger partial charge in [-0.15, -0.1) is 0 Å². The molecule has 1 aromatic carbocycles. The fourth-order valence-electron chi connectivity index (χ4n) is 2.17. The lowest BCUT2D eigenvalue weighted by Crippen LogP contribution is -2.33. The summed E-state index contributed by atoms with van der Waals surface area (Å²) in [5, 5.41) is 11.2. The van der Waals surface area contributed by atoms with Crippen molar-refractivity contribution in [3.05, 3.63) is 33.9 Å². The highest BCUT2D eigenvalue weighted by Crippen LogP contribution is 2.36. The Labute approximate surface area is 112 Å². The number of rotatable bonds is 6. The van der Waals surface area contributed by atoms with Crippen molar-refractivity contribution in [2.45, 2.75) is 32.7 Å².